The summed E-state index contributed by atoms with van der Waals surface area (Å²) in [6, 6.07) is 13.3. The number of hydrogen-bond acceptors (Lipinski definition) is 2. The van der Waals surface area contributed by atoms with Gasteiger partial charge in [0.1, 0.15) is 0 Å². The van der Waals surface area contributed by atoms with Crippen molar-refractivity contribution in [2.45, 2.75) is 24.3 Å². The van der Waals surface area contributed by atoms with Crippen molar-refractivity contribution in [1.82, 2.24) is 0 Å². The molecule has 19 heavy (non-hydrogen) atoms. The highest BCUT2D eigenvalue weighted by molar-refractivity contribution is 7.98. The second-order valence-electron chi connectivity index (χ2n) is 4.88. The van der Waals surface area contributed by atoms with Gasteiger partial charge in [-0.15, -0.1) is 11.8 Å². The lowest BCUT2D eigenvalue weighted by molar-refractivity contribution is 0.823. The maximum Gasteiger partial charge on any atom is 0.0555 e. The zero-order chi connectivity index (χ0) is 13.4. The van der Waals surface area contributed by atoms with Crippen LogP contribution in [0.15, 0.2) is 41.3 Å². The first-order valence-corrected chi connectivity index (χ1v) is 7.98. The molecular weight excluding hydrogens is 274 g/mol. The van der Waals surface area contributed by atoms with Crippen LogP contribution in [0, 0.1) is 6.92 Å². The smallest absolute Gasteiger partial charge is 0.0555 e. The summed E-state index contributed by atoms with van der Waals surface area (Å²) in [5.74, 6) is 0. The summed E-state index contributed by atoms with van der Waals surface area (Å²) in [6.45, 7) is 2.08. The van der Waals surface area contributed by atoms with Gasteiger partial charge >= 0.3 is 0 Å². The highest BCUT2D eigenvalue weighted by atomic mass is 35.5. The Morgan fingerprint density at radius 2 is 1.89 bits per heavy atom. The van der Waals surface area contributed by atoms with Gasteiger partial charge in [-0.05, 0) is 54.5 Å². The molecule has 0 saturated heterocycles. The quantitative estimate of drug-likeness (QED) is 0.774. The van der Waals surface area contributed by atoms with Crippen LogP contribution in [0.3, 0.4) is 0 Å². The van der Waals surface area contributed by atoms with Gasteiger partial charge in [0.15, 0.2) is 0 Å². The number of rotatable bonds is 2. The Kier molecular flexibility index (Phi) is 3.46. The molecule has 0 spiro atoms. The Labute approximate surface area is 123 Å². The van der Waals surface area contributed by atoms with Crippen LogP contribution in [0.4, 0.5) is 5.69 Å². The molecule has 1 heterocycles. The predicted molar refractivity (Wildman–Crippen MR) is 84.5 cm³/mol. The molecule has 0 aliphatic carbocycles. The van der Waals surface area contributed by atoms with E-state index >= 15 is 0 Å². The minimum Gasteiger partial charge on any atom is -0.377 e. The fraction of sp³-hybridized carbons (Fsp3) is 0.250. The van der Waals surface area contributed by atoms with Crippen LogP contribution in [0.2, 0.25) is 5.02 Å². The predicted octanol–water partition coefficient (Wildman–Crippen LogP) is 5.08. The molecule has 1 atom stereocenters. The molecule has 1 aliphatic heterocycles. The average molecular weight is 290 g/mol. The lowest BCUT2D eigenvalue weighted by Gasteiger charge is -2.13. The van der Waals surface area contributed by atoms with Gasteiger partial charge in [0.25, 0.3) is 0 Å². The van der Waals surface area contributed by atoms with E-state index in [1.54, 1.807) is 11.8 Å². The number of benzene rings is 2. The van der Waals surface area contributed by atoms with Gasteiger partial charge in [0.2, 0.25) is 0 Å². The molecule has 1 nitrogen and oxygen atoms in total. The third-order valence-corrected chi connectivity index (χ3v) is 4.90. The van der Waals surface area contributed by atoms with E-state index in [4.69, 9.17) is 11.6 Å². The number of anilines is 1. The molecule has 2 aromatic carbocycles. The monoisotopic (exact) mass is 289 g/mol. The highest BCUT2D eigenvalue weighted by Crippen LogP contribution is 2.39. The first kappa shape index (κ1) is 12.9. The molecule has 0 bridgehead atoms. The average Bonchev–Trinajstić information content (AvgIpc) is 2.88. The third-order valence-electron chi connectivity index (χ3n) is 3.75. The van der Waals surface area contributed by atoms with Crippen LogP contribution < -0.4 is 5.32 Å². The van der Waals surface area contributed by atoms with Crippen molar-refractivity contribution in [3.63, 3.8) is 0 Å². The summed E-state index contributed by atoms with van der Waals surface area (Å²) in [5, 5.41) is 4.44. The van der Waals surface area contributed by atoms with Gasteiger partial charge in [0.05, 0.1) is 6.04 Å². The first-order valence-electron chi connectivity index (χ1n) is 6.37. The van der Waals surface area contributed by atoms with Crippen molar-refractivity contribution in [1.29, 1.82) is 0 Å². The van der Waals surface area contributed by atoms with E-state index in [0.717, 1.165) is 17.0 Å². The first-order chi connectivity index (χ1) is 9.19. The molecule has 3 rings (SSSR count). The Morgan fingerprint density at radius 3 is 2.58 bits per heavy atom. The molecule has 98 valence electrons. The minimum absolute atomic E-state index is 0.364. The fourth-order valence-corrected chi connectivity index (χ4v) is 3.16. The molecule has 1 aliphatic rings. The van der Waals surface area contributed by atoms with Crippen LogP contribution in [0.1, 0.15) is 22.7 Å². The third kappa shape index (κ3) is 2.35. The molecule has 2 aromatic rings. The summed E-state index contributed by atoms with van der Waals surface area (Å²) < 4.78 is 0. The minimum atomic E-state index is 0.364. The number of halogens is 1. The molecule has 0 saturated carbocycles. The Hall–Kier alpha value is -1.12. The fourth-order valence-electron chi connectivity index (χ4n) is 2.60. The molecule has 0 aromatic heterocycles. The Morgan fingerprint density at radius 1 is 1.16 bits per heavy atom. The van der Waals surface area contributed by atoms with E-state index in [0.29, 0.717) is 6.04 Å². The van der Waals surface area contributed by atoms with Crippen molar-refractivity contribution < 1.29 is 0 Å². The van der Waals surface area contributed by atoms with Crippen molar-refractivity contribution in [2.24, 2.45) is 0 Å². The summed E-state index contributed by atoms with van der Waals surface area (Å²) >= 11 is 7.96. The van der Waals surface area contributed by atoms with E-state index in [-0.39, 0.29) is 0 Å². The second-order valence-corrected chi connectivity index (χ2v) is 6.17. The highest BCUT2D eigenvalue weighted by Gasteiger charge is 2.23. The zero-order valence-corrected chi connectivity index (χ0v) is 12.6. The summed E-state index contributed by atoms with van der Waals surface area (Å²) in [6.07, 6.45) is 3.13. The van der Waals surface area contributed by atoms with Gasteiger partial charge in [-0.25, -0.2) is 0 Å². The molecule has 3 heteroatoms. The molecule has 1 N–H and O–H groups in total. The van der Waals surface area contributed by atoms with Gasteiger partial charge in [-0.1, -0.05) is 29.8 Å². The Bertz CT molecular complexity index is 607. The molecule has 0 radical (unpaired) electrons. The standard InChI is InChI=1S/C16H16ClNS/c1-10-14(17)8-5-12-9-15(18-16(10)12)11-3-6-13(19-2)7-4-11/h3-8,15,18H,9H2,1-2H3. The van der Waals surface area contributed by atoms with Crippen molar-refractivity contribution >= 4 is 29.1 Å². The van der Waals surface area contributed by atoms with Crippen molar-refractivity contribution in [2.75, 3.05) is 11.6 Å². The van der Waals surface area contributed by atoms with Crippen LogP contribution in [-0.2, 0) is 6.42 Å². The number of nitrogens with one attached hydrogen (secondary N) is 1. The van der Waals surface area contributed by atoms with Gasteiger partial charge < -0.3 is 5.32 Å². The van der Waals surface area contributed by atoms with E-state index < -0.39 is 0 Å². The lowest BCUT2D eigenvalue weighted by atomic mass is 10.0. The van der Waals surface area contributed by atoms with Crippen LogP contribution in [0.25, 0.3) is 0 Å². The molecule has 0 amide bonds. The van der Waals surface area contributed by atoms with E-state index in [1.807, 2.05) is 6.07 Å². The summed E-state index contributed by atoms with van der Waals surface area (Å²) in [5.41, 5.74) is 5.07. The molecular formula is C16H16ClNS. The molecule has 0 fully saturated rings. The SMILES string of the molecule is CSc1ccc(C2Cc3ccc(Cl)c(C)c3N2)cc1. The number of thioether (sulfide) groups is 1. The molecule has 1 unspecified atom stereocenters. The normalized spacial score (nSPS) is 17.1. The van der Waals surface area contributed by atoms with Crippen molar-refractivity contribution in [3.05, 3.63) is 58.1 Å². The number of hydrogen-bond donors (Lipinski definition) is 1. The summed E-state index contributed by atoms with van der Waals surface area (Å²) in [4.78, 5) is 1.30. The van der Waals surface area contributed by atoms with Crippen molar-refractivity contribution in [3.8, 4) is 0 Å². The van der Waals surface area contributed by atoms with E-state index in [1.165, 1.54) is 21.7 Å². The van der Waals surface area contributed by atoms with Crippen LogP contribution in [-0.4, -0.2) is 6.26 Å². The topological polar surface area (TPSA) is 12.0 Å². The van der Waals surface area contributed by atoms with Crippen LogP contribution in [0.5, 0.6) is 0 Å². The van der Waals surface area contributed by atoms with Gasteiger partial charge in [-0.2, -0.15) is 0 Å². The van der Waals surface area contributed by atoms with Crippen LogP contribution >= 0.6 is 23.4 Å². The van der Waals surface area contributed by atoms with Gasteiger partial charge in [0, 0.05) is 15.6 Å². The second kappa shape index (κ2) is 5.10. The zero-order valence-electron chi connectivity index (χ0n) is 11.0. The largest absolute Gasteiger partial charge is 0.377 e. The lowest BCUT2D eigenvalue weighted by Crippen LogP contribution is -2.05. The maximum absolute atomic E-state index is 6.18. The number of fused-ring (bicyclic) bond motifs is 1. The van der Waals surface area contributed by atoms with Gasteiger partial charge in [-0.3, -0.25) is 0 Å². The van der Waals surface area contributed by atoms with E-state index in [9.17, 15) is 0 Å². The van der Waals surface area contributed by atoms with E-state index in [2.05, 4.69) is 48.8 Å². The maximum atomic E-state index is 6.18. The summed E-state index contributed by atoms with van der Waals surface area (Å²) in [7, 11) is 0. The Balaban J connectivity index is 1.88.